The number of hydrogen-bond donors (Lipinski definition) is 4. The number of ether oxygens (including phenoxy) is 2. The molecule has 2 atom stereocenters. The van der Waals surface area contributed by atoms with Crippen LogP contribution < -0.4 is 47.7 Å². The Bertz CT molecular complexity index is 3060. The lowest BCUT2D eigenvalue weighted by atomic mass is 9.79. The Kier molecular flexibility index (Phi) is 16.9. The van der Waals surface area contributed by atoms with Crippen molar-refractivity contribution in [2.24, 2.45) is 22.9 Å². The molecule has 6 aromatic rings. The van der Waals surface area contributed by atoms with Crippen molar-refractivity contribution in [2.75, 3.05) is 22.9 Å². The third kappa shape index (κ3) is 13.1. The Labute approximate surface area is 439 Å². The number of benzene rings is 4. The molecule has 4 amide bonds. The molecule has 0 aliphatic carbocycles. The van der Waals surface area contributed by atoms with Gasteiger partial charge in [-0.15, -0.1) is 0 Å². The Morgan fingerprint density at radius 3 is 1.47 bits per heavy atom. The maximum Gasteiger partial charge on any atom is 0.494 e. The van der Waals surface area contributed by atoms with Gasteiger partial charge in [-0.1, -0.05) is 35.3 Å². The minimum absolute atomic E-state index is 0.0140. The van der Waals surface area contributed by atoms with Crippen LogP contribution in [0.1, 0.15) is 74.4 Å². The summed E-state index contributed by atoms with van der Waals surface area (Å²) in [6.45, 7) is 9.23. The summed E-state index contributed by atoms with van der Waals surface area (Å²) in [5.41, 5.74) is 22.1. The van der Waals surface area contributed by atoms with Crippen molar-refractivity contribution in [3.8, 4) is 34.4 Å². The number of nitrogens with zero attached hydrogens (tertiary/aromatic N) is 6. The average Bonchev–Trinajstić information content (AvgIpc) is 4.10. The molecule has 18 nitrogen and oxygen atoms in total. The molecule has 2 aromatic heterocycles. The van der Waals surface area contributed by atoms with Crippen LogP contribution in [0.15, 0.2) is 97.1 Å². The second kappa shape index (κ2) is 22.9. The lowest BCUT2D eigenvalue weighted by Crippen LogP contribution is -2.41. The number of carbonyl (C=O) groups is 4. The van der Waals surface area contributed by atoms with Gasteiger partial charge in [-0.25, -0.2) is 28.7 Å². The van der Waals surface area contributed by atoms with Gasteiger partial charge in [0.15, 0.2) is 29.0 Å². The van der Waals surface area contributed by atoms with Gasteiger partial charge in [0.05, 0.1) is 11.2 Å². The number of primary amides is 4. The van der Waals surface area contributed by atoms with E-state index in [9.17, 15) is 28.0 Å². The Balaban J connectivity index is 0.000000169. The summed E-state index contributed by atoms with van der Waals surface area (Å²) in [5, 5.41) is 0.511. The number of anilines is 2. The van der Waals surface area contributed by atoms with Gasteiger partial charge in [0.25, 0.3) is 11.8 Å². The Morgan fingerprint density at radius 1 is 0.608 bits per heavy atom. The molecule has 386 valence electrons. The minimum atomic E-state index is -0.720. The smallest absolute Gasteiger partial charge is 0.454 e. The van der Waals surface area contributed by atoms with Crippen LogP contribution in [0.4, 0.5) is 20.4 Å². The van der Waals surface area contributed by atoms with Gasteiger partial charge in [-0.3, -0.25) is 19.2 Å². The zero-order chi connectivity index (χ0) is 53.6. The third-order valence-electron chi connectivity index (χ3n) is 12.4. The van der Waals surface area contributed by atoms with E-state index in [1.807, 2.05) is 39.8 Å². The first-order valence-electron chi connectivity index (χ1n) is 23.0. The Hall–Kier alpha value is -7.17. The first-order chi connectivity index (χ1) is 35.0. The molecule has 3 aliphatic rings. The van der Waals surface area contributed by atoms with Crippen molar-refractivity contribution in [3.63, 3.8) is 0 Å². The lowest BCUT2D eigenvalue weighted by molar-refractivity contribution is -0.119. The maximum absolute atomic E-state index is 14.0. The number of amides is 4. The molecule has 8 N–H and O–H groups in total. The summed E-state index contributed by atoms with van der Waals surface area (Å²) in [6, 6.07) is 24.1. The number of nitrogens with two attached hydrogens (primary N) is 4. The van der Waals surface area contributed by atoms with E-state index in [-0.39, 0.29) is 50.2 Å². The fourth-order valence-electron chi connectivity index (χ4n) is 7.90. The highest BCUT2D eigenvalue weighted by Gasteiger charge is 2.51. The second-order valence-corrected chi connectivity index (χ2v) is 19.3. The summed E-state index contributed by atoms with van der Waals surface area (Å²) < 4.78 is 50.9. The van der Waals surface area contributed by atoms with Gasteiger partial charge in [0.1, 0.15) is 46.6 Å². The van der Waals surface area contributed by atoms with Gasteiger partial charge in [-0.2, -0.15) is 0 Å². The van der Waals surface area contributed by atoms with Crippen LogP contribution in [-0.2, 0) is 18.9 Å². The monoisotopic (exact) mass is 1070 g/mol. The van der Waals surface area contributed by atoms with E-state index in [1.165, 1.54) is 36.4 Å². The molecule has 74 heavy (non-hydrogen) atoms. The molecule has 5 heterocycles. The van der Waals surface area contributed by atoms with Crippen LogP contribution in [0, 0.1) is 11.6 Å². The standard InChI is InChI=1S/C22H19ClFN5O3.C18H19BClFO3.C10H12ClN5O2/c23-13-5-8-18(15(24)10-13)32-14-6-3-12(4-7-14)22-27-16(20(25)30)11-19(28-22)29-9-1-2-17(29)21(26)31;1-17(2)18(3,4)24-19(23-17)12-5-8-14(9-6-12)22-16-10-7-13(20)11-15(16)21;11-10-14-5(8(12)17)4-7(15-10)16-3-1-2-6(16)9(13)18/h3-8,10-11,17H,1-2,9H2,(H2,25,30)(H2,26,31);5-11H,1-4H3;4,6H,1-3H2,(H2,12,17)(H2,13,18)/t17-;;6-/m0.0/s1. The summed E-state index contributed by atoms with van der Waals surface area (Å²) in [5.74, 6) is -1.29. The first kappa shape index (κ1) is 54.6. The highest BCUT2D eigenvalue weighted by molar-refractivity contribution is 6.62. The van der Waals surface area contributed by atoms with Gasteiger partial charge >= 0.3 is 7.12 Å². The average molecular weight is 1070 g/mol. The fourth-order valence-corrected chi connectivity index (χ4v) is 8.40. The number of aromatic nitrogens is 4. The van der Waals surface area contributed by atoms with Crippen LogP contribution in [0.5, 0.6) is 23.0 Å². The molecule has 3 saturated heterocycles. The van der Waals surface area contributed by atoms with E-state index in [2.05, 4.69) is 19.9 Å². The van der Waals surface area contributed by atoms with Crippen molar-refractivity contribution in [1.29, 1.82) is 0 Å². The molecular weight excluding hydrogens is 1020 g/mol. The maximum atomic E-state index is 14.0. The zero-order valence-corrected chi connectivity index (χ0v) is 42.6. The van der Waals surface area contributed by atoms with Crippen LogP contribution in [0.25, 0.3) is 11.4 Å². The minimum Gasteiger partial charge on any atom is -0.454 e. The molecule has 3 fully saturated rings. The van der Waals surface area contributed by atoms with Crippen molar-refractivity contribution in [3.05, 3.63) is 135 Å². The molecule has 0 unspecified atom stereocenters. The Morgan fingerprint density at radius 2 is 1.04 bits per heavy atom. The van der Waals surface area contributed by atoms with Crippen LogP contribution >= 0.6 is 34.8 Å². The van der Waals surface area contributed by atoms with Crippen molar-refractivity contribution in [1.82, 2.24) is 19.9 Å². The van der Waals surface area contributed by atoms with E-state index < -0.39 is 54.5 Å². The van der Waals surface area contributed by atoms with Crippen molar-refractivity contribution < 1.29 is 46.7 Å². The predicted molar refractivity (Wildman–Crippen MR) is 276 cm³/mol. The molecule has 3 aliphatic heterocycles. The number of rotatable bonds is 12. The predicted octanol–water partition coefficient (Wildman–Crippen LogP) is 7.54. The van der Waals surface area contributed by atoms with Crippen molar-refractivity contribution >= 4 is 82.6 Å². The molecule has 9 rings (SSSR count). The van der Waals surface area contributed by atoms with Crippen LogP contribution in [0.2, 0.25) is 15.3 Å². The lowest BCUT2D eigenvalue weighted by Gasteiger charge is -2.32. The quantitative estimate of drug-likeness (QED) is 0.0682. The van der Waals surface area contributed by atoms with Gasteiger partial charge in [0, 0.05) is 40.8 Å². The van der Waals surface area contributed by atoms with Gasteiger partial charge in [0.2, 0.25) is 17.1 Å². The molecule has 4 aromatic carbocycles. The number of carbonyl (C=O) groups excluding carboxylic acids is 4. The summed E-state index contributed by atoms with van der Waals surface area (Å²) in [6.07, 6.45) is 2.85. The van der Waals surface area contributed by atoms with Gasteiger partial charge < -0.3 is 51.5 Å². The third-order valence-corrected chi connectivity index (χ3v) is 13.1. The zero-order valence-electron chi connectivity index (χ0n) is 40.4. The molecule has 0 spiro atoms. The van der Waals surface area contributed by atoms with Crippen LogP contribution in [0.3, 0.4) is 0 Å². The first-order valence-corrected chi connectivity index (χ1v) is 24.1. The molecule has 0 bridgehead atoms. The molecule has 0 radical (unpaired) electrons. The summed E-state index contributed by atoms with van der Waals surface area (Å²) in [7, 11) is -0.434. The fraction of sp³-hybridized carbons (Fsp3) is 0.280. The largest absolute Gasteiger partial charge is 0.494 e. The summed E-state index contributed by atoms with van der Waals surface area (Å²) >= 11 is 17.2. The van der Waals surface area contributed by atoms with E-state index in [4.69, 9.17) is 76.5 Å². The van der Waals surface area contributed by atoms with E-state index in [1.54, 1.807) is 52.3 Å². The topological polar surface area (TPSA) is 267 Å². The SMILES string of the molecule is CC1(C)OB(c2ccc(Oc3ccc(Cl)cc3F)cc2)OC1(C)C.NC(=O)c1cc(N2CCC[C@H]2C(N)=O)nc(-c2ccc(Oc3ccc(Cl)cc3F)cc2)n1.NC(=O)c1cc(N2CCC[C@H]2C(N)=O)nc(Cl)n1. The molecule has 0 saturated carbocycles. The molecular formula is C50H50BCl3F2N10O8. The van der Waals surface area contributed by atoms with Crippen molar-refractivity contribution in [2.45, 2.75) is 76.7 Å². The number of halogens is 5. The van der Waals surface area contributed by atoms with E-state index in [0.717, 1.165) is 24.4 Å². The van der Waals surface area contributed by atoms with E-state index in [0.29, 0.717) is 59.7 Å². The van der Waals surface area contributed by atoms with Gasteiger partial charge in [-0.05, 0) is 143 Å². The highest BCUT2D eigenvalue weighted by Crippen LogP contribution is 2.37. The normalized spacial score (nSPS) is 17.4. The summed E-state index contributed by atoms with van der Waals surface area (Å²) in [4.78, 5) is 66.0. The van der Waals surface area contributed by atoms with Crippen LogP contribution in [-0.4, -0.2) is 87.1 Å². The molecule has 24 heteroatoms. The number of hydrogen-bond acceptors (Lipinski definition) is 14. The second-order valence-electron chi connectivity index (χ2n) is 18.1. The van der Waals surface area contributed by atoms with E-state index >= 15 is 0 Å². The highest BCUT2D eigenvalue weighted by atomic mass is 35.5.